The molecule has 0 bridgehead atoms. The van der Waals surface area contributed by atoms with Gasteiger partial charge in [-0.2, -0.15) is 4.98 Å². The number of benzene rings is 2. The maximum atomic E-state index is 12.7. The Bertz CT molecular complexity index is 893. The lowest BCUT2D eigenvalue weighted by atomic mass is 10.2. The Hall–Kier alpha value is -2.86. The number of methoxy groups -OCH3 is 1. The Morgan fingerprint density at radius 1 is 1.23 bits per heavy atom. The van der Waals surface area contributed by atoms with Crippen molar-refractivity contribution >= 4 is 17.5 Å². The quantitative estimate of drug-likeness (QED) is 0.653. The fraction of sp³-hybridized carbons (Fsp3) is 0.211. The van der Waals surface area contributed by atoms with E-state index in [9.17, 15) is 4.79 Å². The molecule has 0 aliphatic heterocycles. The summed E-state index contributed by atoms with van der Waals surface area (Å²) in [5.74, 6) is 1.34. The number of rotatable bonds is 6. The topological polar surface area (TPSA) is 68.5 Å². The van der Waals surface area contributed by atoms with Crippen LogP contribution in [0.15, 0.2) is 53.1 Å². The summed E-state index contributed by atoms with van der Waals surface area (Å²) < 4.78 is 10.5. The molecule has 1 amide bonds. The number of amides is 1. The largest absolute Gasteiger partial charge is 0.497 e. The Morgan fingerprint density at radius 2 is 2.00 bits per heavy atom. The van der Waals surface area contributed by atoms with Crippen LogP contribution in [0.3, 0.4) is 0 Å². The Morgan fingerprint density at radius 3 is 2.69 bits per heavy atom. The Labute approximate surface area is 156 Å². The molecule has 0 atom stereocenters. The lowest BCUT2D eigenvalue weighted by Gasteiger charge is -2.19. The predicted molar refractivity (Wildman–Crippen MR) is 98.2 cm³/mol. The molecule has 0 spiro atoms. The minimum absolute atomic E-state index is 0.127. The number of hydrogen-bond acceptors (Lipinski definition) is 5. The zero-order chi connectivity index (χ0) is 18.5. The molecule has 0 saturated heterocycles. The number of halogens is 1. The molecule has 1 heterocycles. The zero-order valence-electron chi connectivity index (χ0n) is 14.5. The van der Waals surface area contributed by atoms with Gasteiger partial charge in [0.05, 0.1) is 7.11 Å². The van der Waals surface area contributed by atoms with Gasteiger partial charge in [-0.1, -0.05) is 22.8 Å². The molecule has 7 heteroatoms. The van der Waals surface area contributed by atoms with Gasteiger partial charge in [-0.25, -0.2) is 0 Å². The summed E-state index contributed by atoms with van der Waals surface area (Å²) >= 11 is 5.89. The van der Waals surface area contributed by atoms with Crippen molar-refractivity contribution < 1.29 is 14.1 Å². The first-order valence-corrected chi connectivity index (χ1v) is 8.50. The van der Waals surface area contributed by atoms with Crippen molar-refractivity contribution in [2.75, 3.05) is 13.7 Å². The molecule has 0 aliphatic rings. The lowest BCUT2D eigenvalue weighted by molar-refractivity contribution is 0.0734. The van der Waals surface area contributed by atoms with Crippen LogP contribution in [-0.4, -0.2) is 34.6 Å². The standard InChI is InChI=1S/C19H18ClN3O3/c1-3-23(19(24)14-5-4-6-16(11-14)25-2)12-17-21-18(22-26-17)13-7-9-15(20)10-8-13/h4-11H,3,12H2,1-2H3. The average Bonchev–Trinajstić information content (AvgIpc) is 3.14. The van der Waals surface area contributed by atoms with Gasteiger partial charge in [0.1, 0.15) is 12.3 Å². The molecule has 0 radical (unpaired) electrons. The average molecular weight is 372 g/mol. The third-order valence-corrected chi connectivity index (χ3v) is 4.13. The van der Waals surface area contributed by atoms with Gasteiger partial charge in [0.2, 0.25) is 11.7 Å². The van der Waals surface area contributed by atoms with Crippen molar-refractivity contribution in [2.45, 2.75) is 13.5 Å². The van der Waals surface area contributed by atoms with Gasteiger partial charge in [-0.15, -0.1) is 0 Å². The van der Waals surface area contributed by atoms with Crippen molar-refractivity contribution in [3.05, 3.63) is 65.0 Å². The van der Waals surface area contributed by atoms with Crippen molar-refractivity contribution in [3.63, 3.8) is 0 Å². The maximum Gasteiger partial charge on any atom is 0.254 e. The maximum absolute atomic E-state index is 12.7. The number of ether oxygens (including phenoxy) is 1. The highest BCUT2D eigenvalue weighted by Gasteiger charge is 2.18. The fourth-order valence-electron chi connectivity index (χ4n) is 2.46. The number of aromatic nitrogens is 2. The van der Waals surface area contributed by atoms with E-state index in [1.165, 1.54) is 0 Å². The second kappa shape index (κ2) is 8.01. The Kier molecular flexibility index (Phi) is 5.53. The van der Waals surface area contributed by atoms with Crippen LogP contribution in [0.2, 0.25) is 5.02 Å². The molecular weight excluding hydrogens is 354 g/mol. The van der Waals surface area contributed by atoms with Crippen LogP contribution in [-0.2, 0) is 6.54 Å². The molecule has 0 aliphatic carbocycles. The van der Waals surface area contributed by atoms with E-state index in [1.807, 2.05) is 19.1 Å². The zero-order valence-corrected chi connectivity index (χ0v) is 15.2. The van der Waals surface area contributed by atoms with E-state index in [0.717, 1.165) is 5.56 Å². The van der Waals surface area contributed by atoms with E-state index in [4.69, 9.17) is 20.9 Å². The second-order valence-electron chi connectivity index (χ2n) is 5.57. The summed E-state index contributed by atoms with van der Waals surface area (Å²) in [5.41, 5.74) is 1.34. The number of nitrogens with zero attached hydrogens (tertiary/aromatic N) is 3. The van der Waals surface area contributed by atoms with Crippen LogP contribution in [0.5, 0.6) is 5.75 Å². The van der Waals surface area contributed by atoms with Crippen LogP contribution in [0.1, 0.15) is 23.2 Å². The number of hydrogen-bond donors (Lipinski definition) is 0. The highest BCUT2D eigenvalue weighted by molar-refractivity contribution is 6.30. The third-order valence-electron chi connectivity index (χ3n) is 3.88. The summed E-state index contributed by atoms with van der Waals surface area (Å²) in [4.78, 5) is 18.7. The molecule has 134 valence electrons. The van der Waals surface area contributed by atoms with E-state index >= 15 is 0 Å². The fourth-order valence-corrected chi connectivity index (χ4v) is 2.59. The number of carbonyl (C=O) groups is 1. The SMILES string of the molecule is CCN(Cc1nc(-c2ccc(Cl)cc2)no1)C(=O)c1cccc(OC)c1. The van der Waals surface area contributed by atoms with E-state index in [2.05, 4.69) is 10.1 Å². The monoisotopic (exact) mass is 371 g/mol. The molecule has 1 aromatic heterocycles. The minimum Gasteiger partial charge on any atom is -0.497 e. The minimum atomic E-state index is -0.127. The van der Waals surface area contributed by atoms with Crippen molar-refractivity contribution in [3.8, 4) is 17.1 Å². The normalized spacial score (nSPS) is 10.6. The summed E-state index contributed by atoms with van der Waals surface area (Å²) in [7, 11) is 1.57. The second-order valence-corrected chi connectivity index (χ2v) is 6.01. The Balaban J connectivity index is 1.75. The van der Waals surface area contributed by atoms with Gasteiger partial charge in [0.15, 0.2) is 0 Å². The third kappa shape index (κ3) is 4.03. The molecule has 0 fully saturated rings. The van der Waals surface area contributed by atoms with E-state index in [1.54, 1.807) is 48.4 Å². The summed E-state index contributed by atoms with van der Waals surface area (Å²) in [6, 6.07) is 14.2. The highest BCUT2D eigenvalue weighted by Crippen LogP contribution is 2.20. The molecule has 3 rings (SSSR count). The van der Waals surface area contributed by atoms with Crippen molar-refractivity contribution in [1.29, 1.82) is 0 Å². The van der Waals surface area contributed by atoms with Crippen LogP contribution < -0.4 is 4.74 Å². The van der Waals surface area contributed by atoms with Gasteiger partial charge >= 0.3 is 0 Å². The molecule has 0 saturated carbocycles. The molecule has 6 nitrogen and oxygen atoms in total. The molecular formula is C19H18ClN3O3. The highest BCUT2D eigenvalue weighted by atomic mass is 35.5. The summed E-state index contributed by atoms with van der Waals surface area (Å²) in [6.45, 7) is 2.64. The molecule has 0 unspecified atom stereocenters. The number of carbonyl (C=O) groups excluding carboxylic acids is 1. The molecule has 0 N–H and O–H groups in total. The first-order chi connectivity index (χ1) is 12.6. The first-order valence-electron chi connectivity index (χ1n) is 8.12. The van der Waals surface area contributed by atoms with E-state index in [0.29, 0.717) is 34.6 Å². The first kappa shape index (κ1) is 17.9. The summed E-state index contributed by atoms with van der Waals surface area (Å²) in [5, 5.41) is 4.61. The van der Waals surface area contributed by atoms with Gasteiger partial charge in [0.25, 0.3) is 5.91 Å². The van der Waals surface area contributed by atoms with E-state index in [-0.39, 0.29) is 12.5 Å². The van der Waals surface area contributed by atoms with Crippen molar-refractivity contribution in [1.82, 2.24) is 15.0 Å². The van der Waals surface area contributed by atoms with Crippen LogP contribution in [0, 0.1) is 0 Å². The molecule has 26 heavy (non-hydrogen) atoms. The van der Waals surface area contributed by atoms with Crippen LogP contribution in [0.4, 0.5) is 0 Å². The van der Waals surface area contributed by atoms with E-state index < -0.39 is 0 Å². The molecule has 2 aromatic carbocycles. The van der Waals surface area contributed by atoms with Crippen molar-refractivity contribution in [2.24, 2.45) is 0 Å². The van der Waals surface area contributed by atoms with Crippen LogP contribution in [0.25, 0.3) is 11.4 Å². The van der Waals surface area contributed by atoms with Gasteiger partial charge < -0.3 is 14.2 Å². The van der Waals surface area contributed by atoms with Gasteiger partial charge in [0, 0.05) is 22.7 Å². The van der Waals surface area contributed by atoms with Crippen LogP contribution >= 0.6 is 11.6 Å². The van der Waals surface area contributed by atoms with Gasteiger partial charge in [-0.3, -0.25) is 4.79 Å². The van der Waals surface area contributed by atoms with Gasteiger partial charge in [-0.05, 0) is 49.4 Å². The molecule has 3 aromatic rings. The predicted octanol–water partition coefficient (Wildman–Crippen LogP) is 4.06. The summed E-state index contributed by atoms with van der Waals surface area (Å²) in [6.07, 6.45) is 0. The smallest absolute Gasteiger partial charge is 0.254 e. The lowest BCUT2D eigenvalue weighted by Crippen LogP contribution is -2.30.